The number of rotatable bonds is 4. The Morgan fingerprint density at radius 2 is 1.84 bits per heavy atom. The van der Waals surface area contributed by atoms with E-state index in [0.717, 1.165) is 12.4 Å². The van der Waals surface area contributed by atoms with Gasteiger partial charge in [0.15, 0.2) is 5.82 Å². The normalized spacial score (nSPS) is 14.2. The summed E-state index contributed by atoms with van der Waals surface area (Å²) < 4.78 is 18.2. The molecule has 1 aromatic carbocycles. The predicted octanol–water partition coefficient (Wildman–Crippen LogP) is 3.55. The highest BCUT2D eigenvalue weighted by Crippen LogP contribution is 2.29. The van der Waals surface area contributed by atoms with Crippen molar-refractivity contribution in [3.8, 4) is 6.01 Å². The first-order valence-electron chi connectivity index (χ1n) is 7.23. The Hall–Kier alpha value is -1.83. The highest BCUT2D eigenvalue weighted by Gasteiger charge is 2.32. The number of carbonyl (C=O) groups is 1. The van der Waals surface area contributed by atoms with Crippen molar-refractivity contribution in [2.24, 2.45) is 0 Å². The summed E-state index contributed by atoms with van der Waals surface area (Å²) in [6.45, 7) is 0.917. The Morgan fingerprint density at radius 1 is 1.24 bits per heavy atom. The third kappa shape index (κ3) is 4.42. The minimum Gasteiger partial charge on any atom is -0.456 e. The van der Waals surface area contributed by atoms with Gasteiger partial charge >= 0.3 is 12.0 Å². The molecule has 0 atom stereocenters. The van der Waals surface area contributed by atoms with Crippen LogP contribution in [0.15, 0.2) is 24.5 Å². The van der Waals surface area contributed by atoms with Gasteiger partial charge in [0.2, 0.25) is 0 Å². The number of likely N-dealkylation sites (tertiary alicyclic amines) is 1. The molecule has 0 spiro atoms. The summed E-state index contributed by atoms with van der Waals surface area (Å²) in [7, 11) is 0. The molecule has 0 aliphatic carbocycles. The van der Waals surface area contributed by atoms with Crippen LogP contribution in [-0.2, 0) is 6.54 Å². The molecule has 1 N–H and O–H groups in total. The molecule has 0 radical (unpaired) electrons. The first-order chi connectivity index (χ1) is 11.9. The summed E-state index contributed by atoms with van der Waals surface area (Å²) in [5, 5.41) is 3.93. The Kier molecular flexibility index (Phi) is 5.46. The number of nitrogens with one attached hydrogen (secondary N) is 1. The van der Waals surface area contributed by atoms with Crippen molar-refractivity contribution in [3.05, 3.63) is 51.0 Å². The van der Waals surface area contributed by atoms with Crippen LogP contribution in [0.5, 0.6) is 6.01 Å². The second-order valence-electron chi connectivity index (χ2n) is 5.34. The van der Waals surface area contributed by atoms with Crippen LogP contribution in [0.25, 0.3) is 0 Å². The highest BCUT2D eigenvalue weighted by atomic mass is 35.5. The molecule has 1 fully saturated rings. The average Bonchev–Trinajstić information content (AvgIpc) is 2.51. The summed E-state index contributed by atoms with van der Waals surface area (Å²) in [6, 6.07) is 2.92. The molecule has 1 aliphatic heterocycles. The van der Waals surface area contributed by atoms with E-state index in [-0.39, 0.29) is 24.7 Å². The molecule has 10 heteroatoms. The molecule has 1 aliphatic rings. The number of benzene rings is 1. The van der Waals surface area contributed by atoms with Gasteiger partial charge in [0.25, 0.3) is 0 Å². The molecule has 3 rings (SSSR count). The van der Waals surface area contributed by atoms with Crippen LogP contribution in [0.2, 0.25) is 15.1 Å². The Morgan fingerprint density at radius 3 is 2.44 bits per heavy atom. The number of urea groups is 1. The molecule has 1 saturated heterocycles. The maximum atomic E-state index is 12.7. The van der Waals surface area contributed by atoms with Gasteiger partial charge in [0.05, 0.1) is 25.5 Å². The van der Waals surface area contributed by atoms with Crippen molar-refractivity contribution in [2.75, 3.05) is 13.1 Å². The number of ether oxygens (including phenoxy) is 1. The minimum atomic E-state index is -0.540. The smallest absolute Gasteiger partial charge is 0.317 e. The molecule has 2 amide bonds. The quantitative estimate of drug-likeness (QED) is 0.845. The van der Waals surface area contributed by atoms with E-state index in [9.17, 15) is 9.18 Å². The van der Waals surface area contributed by atoms with Gasteiger partial charge in [0.1, 0.15) is 6.10 Å². The van der Waals surface area contributed by atoms with E-state index in [1.807, 2.05) is 0 Å². The first kappa shape index (κ1) is 18.0. The zero-order valence-electron chi connectivity index (χ0n) is 12.7. The first-order valence-corrected chi connectivity index (χ1v) is 8.36. The fourth-order valence-electron chi connectivity index (χ4n) is 2.21. The second kappa shape index (κ2) is 7.59. The van der Waals surface area contributed by atoms with Crippen molar-refractivity contribution < 1.29 is 13.9 Å². The molecule has 0 unspecified atom stereocenters. The molecular weight excluding hydrogens is 394 g/mol. The van der Waals surface area contributed by atoms with Crippen LogP contribution in [0.3, 0.4) is 0 Å². The van der Waals surface area contributed by atoms with E-state index >= 15 is 0 Å². The Bertz CT molecular complexity index is 762. The lowest BCUT2D eigenvalue weighted by molar-refractivity contribution is 0.0378. The van der Waals surface area contributed by atoms with E-state index in [4.69, 9.17) is 39.5 Å². The summed E-state index contributed by atoms with van der Waals surface area (Å²) in [5.74, 6) is -0.540. The maximum absolute atomic E-state index is 12.7. The van der Waals surface area contributed by atoms with Crippen molar-refractivity contribution >= 4 is 40.8 Å². The van der Waals surface area contributed by atoms with Crippen molar-refractivity contribution in [3.63, 3.8) is 0 Å². The SMILES string of the molecule is O=C(NCc1c(Cl)cc(Cl)cc1Cl)N1CC(Oc2ncc(F)cn2)C1. The summed E-state index contributed by atoms with van der Waals surface area (Å²) in [4.78, 5) is 21.1. The zero-order chi connectivity index (χ0) is 18.0. The van der Waals surface area contributed by atoms with Gasteiger partial charge < -0.3 is 15.0 Å². The van der Waals surface area contributed by atoms with E-state index < -0.39 is 5.82 Å². The largest absolute Gasteiger partial charge is 0.456 e. The van der Waals surface area contributed by atoms with Gasteiger partial charge in [-0.2, -0.15) is 0 Å². The van der Waals surface area contributed by atoms with E-state index in [1.54, 1.807) is 17.0 Å². The van der Waals surface area contributed by atoms with E-state index in [1.165, 1.54) is 0 Å². The lowest BCUT2D eigenvalue weighted by Crippen LogP contribution is -2.58. The summed E-state index contributed by atoms with van der Waals surface area (Å²) in [6.07, 6.45) is 1.80. The lowest BCUT2D eigenvalue weighted by Gasteiger charge is -2.38. The molecule has 0 saturated carbocycles. The number of halogens is 4. The van der Waals surface area contributed by atoms with Gasteiger partial charge in [-0.15, -0.1) is 0 Å². The second-order valence-corrected chi connectivity index (χ2v) is 6.59. The number of nitrogens with zero attached hydrogens (tertiary/aromatic N) is 3. The van der Waals surface area contributed by atoms with Crippen LogP contribution in [0.1, 0.15) is 5.56 Å². The molecule has 25 heavy (non-hydrogen) atoms. The Balaban J connectivity index is 1.47. The standard InChI is InChI=1S/C15H12Cl3FN4O2/c16-8-1-12(17)11(13(18)2-8)5-22-15(24)23-6-10(7-23)25-14-20-3-9(19)4-21-14/h1-4,10H,5-7H2,(H,22,24). The molecule has 0 bridgehead atoms. The monoisotopic (exact) mass is 404 g/mol. The van der Waals surface area contributed by atoms with E-state index in [0.29, 0.717) is 33.7 Å². The fraction of sp³-hybridized carbons (Fsp3) is 0.267. The van der Waals surface area contributed by atoms with Crippen molar-refractivity contribution in [1.29, 1.82) is 0 Å². The number of carbonyl (C=O) groups excluding carboxylic acids is 1. The Labute approximate surface area is 157 Å². The van der Waals surface area contributed by atoms with Gasteiger partial charge in [0, 0.05) is 27.2 Å². The van der Waals surface area contributed by atoms with Crippen molar-refractivity contribution in [2.45, 2.75) is 12.6 Å². The molecule has 2 aromatic rings. The third-order valence-corrected chi connectivity index (χ3v) is 4.42. The number of hydrogen-bond acceptors (Lipinski definition) is 4. The fourth-order valence-corrected chi connectivity index (χ4v) is 3.16. The summed E-state index contributed by atoms with van der Waals surface area (Å²) in [5.41, 5.74) is 0.592. The van der Waals surface area contributed by atoms with Gasteiger partial charge in [-0.3, -0.25) is 0 Å². The van der Waals surface area contributed by atoms with Crippen molar-refractivity contribution in [1.82, 2.24) is 20.2 Å². The van der Waals surface area contributed by atoms with Gasteiger partial charge in [-0.25, -0.2) is 19.2 Å². The van der Waals surface area contributed by atoms with Crippen LogP contribution in [0.4, 0.5) is 9.18 Å². The molecule has 1 aromatic heterocycles. The predicted molar refractivity (Wildman–Crippen MR) is 91.7 cm³/mol. The van der Waals surface area contributed by atoms with E-state index in [2.05, 4.69) is 15.3 Å². The highest BCUT2D eigenvalue weighted by molar-refractivity contribution is 6.39. The minimum absolute atomic E-state index is 0.0752. The van der Waals surface area contributed by atoms with Crippen LogP contribution in [-0.4, -0.2) is 40.1 Å². The van der Waals surface area contributed by atoms with Gasteiger partial charge in [-0.1, -0.05) is 34.8 Å². The number of hydrogen-bond donors (Lipinski definition) is 1. The van der Waals surface area contributed by atoms with Crippen LogP contribution in [0, 0.1) is 5.82 Å². The zero-order valence-corrected chi connectivity index (χ0v) is 14.9. The topological polar surface area (TPSA) is 67.4 Å². The van der Waals surface area contributed by atoms with Crippen LogP contribution >= 0.6 is 34.8 Å². The molecule has 132 valence electrons. The maximum Gasteiger partial charge on any atom is 0.317 e. The average molecular weight is 406 g/mol. The molecule has 6 nitrogen and oxygen atoms in total. The molecular formula is C15H12Cl3FN4O2. The molecule has 2 heterocycles. The number of aromatic nitrogens is 2. The summed E-state index contributed by atoms with van der Waals surface area (Å²) >= 11 is 18.0. The number of amides is 2. The van der Waals surface area contributed by atoms with Gasteiger partial charge in [-0.05, 0) is 12.1 Å². The van der Waals surface area contributed by atoms with Crippen LogP contribution < -0.4 is 10.1 Å². The lowest BCUT2D eigenvalue weighted by atomic mass is 10.2. The third-order valence-electron chi connectivity index (χ3n) is 3.53.